The zero-order valence-electron chi connectivity index (χ0n) is 20.5. The molecule has 0 atom stereocenters. The minimum absolute atomic E-state index is 0.112. The summed E-state index contributed by atoms with van der Waals surface area (Å²) < 4.78 is 7.90. The zero-order chi connectivity index (χ0) is 27.0. The van der Waals surface area contributed by atoms with E-state index >= 15 is 0 Å². The molecule has 5 rings (SSSR count). The monoisotopic (exact) mass is 728 g/mol. The minimum atomic E-state index is -0.762. The highest BCUT2D eigenvalue weighted by Gasteiger charge is 2.37. The molecule has 0 saturated carbocycles. The molecular weight excluding hydrogens is 706 g/mol. The van der Waals surface area contributed by atoms with Gasteiger partial charge in [-0.15, -0.1) is 0 Å². The van der Waals surface area contributed by atoms with Gasteiger partial charge >= 0.3 is 6.03 Å². The van der Waals surface area contributed by atoms with E-state index in [1.165, 1.54) is 6.08 Å². The fourth-order valence-corrected chi connectivity index (χ4v) is 6.42. The lowest BCUT2D eigenvalue weighted by Gasteiger charge is -2.27. The Labute approximate surface area is 247 Å². The van der Waals surface area contributed by atoms with Gasteiger partial charge < -0.3 is 4.74 Å². The molecule has 0 spiro atoms. The maximum Gasteiger partial charge on any atom is 0.335 e. The molecule has 38 heavy (non-hydrogen) atoms. The van der Waals surface area contributed by atoms with Crippen molar-refractivity contribution in [2.45, 2.75) is 20.5 Å². The highest BCUT2D eigenvalue weighted by molar-refractivity contribution is 14.1. The van der Waals surface area contributed by atoms with Gasteiger partial charge in [0.05, 0.1) is 12.8 Å². The Balaban J connectivity index is 1.42. The van der Waals surface area contributed by atoms with Crippen molar-refractivity contribution in [1.29, 1.82) is 0 Å². The Morgan fingerprint density at radius 2 is 1.58 bits per heavy atom. The van der Waals surface area contributed by atoms with Crippen LogP contribution in [0, 0.1) is 21.0 Å². The molecule has 0 unspecified atom stereocenters. The molecule has 1 heterocycles. The lowest BCUT2D eigenvalue weighted by atomic mass is 10.0. The summed E-state index contributed by atoms with van der Waals surface area (Å²) in [5, 5.41) is 4.59. The van der Waals surface area contributed by atoms with Gasteiger partial charge in [0.2, 0.25) is 0 Å². The molecule has 0 bridgehead atoms. The number of benzene rings is 4. The van der Waals surface area contributed by atoms with Gasteiger partial charge in [-0.3, -0.25) is 14.9 Å². The van der Waals surface area contributed by atoms with E-state index in [0.717, 1.165) is 45.3 Å². The smallest absolute Gasteiger partial charge is 0.335 e. The number of hydrogen-bond acceptors (Lipinski definition) is 4. The number of nitrogens with one attached hydrogen (secondary N) is 1. The first-order valence-corrected chi connectivity index (χ1v) is 14.0. The van der Waals surface area contributed by atoms with Crippen LogP contribution < -0.4 is 15.0 Å². The molecule has 1 aliphatic rings. The number of amides is 4. The molecule has 1 saturated heterocycles. The lowest BCUT2D eigenvalue weighted by molar-refractivity contribution is -0.122. The molecular formula is C30H22I2N2O4. The third-order valence-corrected chi connectivity index (χ3v) is 8.04. The van der Waals surface area contributed by atoms with Crippen LogP contribution in [-0.2, 0) is 16.2 Å². The summed E-state index contributed by atoms with van der Waals surface area (Å²) in [7, 11) is 0. The van der Waals surface area contributed by atoms with E-state index in [1.54, 1.807) is 12.1 Å². The second-order valence-corrected chi connectivity index (χ2v) is 11.3. The number of carbonyl (C=O) groups is 3. The molecule has 1 aliphatic heterocycles. The molecule has 4 amide bonds. The summed E-state index contributed by atoms with van der Waals surface area (Å²) in [6, 6.07) is 22.6. The van der Waals surface area contributed by atoms with Gasteiger partial charge in [-0.2, -0.15) is 0 Å². The van der Waals surface area contributed by atoms with Crippen molar-refractivity contribution < 1.29 is 19.1 Å². The summed E-state index contributed by atoms with van der Waals surface area (Å²) >= 11 is 4.38. The molecule has 0 aliphatic carbocycles. The minimum Gasteiger partial charge on any atom is -0.487 e. The van der Waals surface area contributed by atoms with Crippen molar-refractivity contribution in [3.05, 3.63) is 108 Å². The van der Waals surface area contributed by atoms with Crippen molar-refractivity contribution in [3.8, 4) is 5.75 Å². The summed E-state index contributed by atoms with van der Waals surface area (Å²) in [5.74, 6) is -0.655. The first kappa shape index (κ1) is 26.4. The Bertz CT molecular complexity index is 1630. The maximum atomic E-state index is 13.3. The van der Waals surface area contributed by atoms with Crippen LogP contribution >= 0.6 is 45.2 Å². The largest absolute Gasteiger partial charge is 0.487 e. The van der Waals surface area contributed by atoms with E-state index in [0.29, 0.717) is 17.9 Å². The number of urea groups is 1. The predicted molar refractivity (Wildman–Crippen MR) is 165 cm³/mol. The van der Waals surface area contributed by atoms with Crippen LogP contribution in [0.3, 0.4) is 0 Å². The molecule has 190 valence electrons. The van der Waals surface area contributed by atoms with Crippen molar-refractivity contribution in [2.24, 2.45) is 0 Å². The fraction of sp³-hybridized carbons (Fsp3) is 0.100. The number of rotatable bonds is 5. The second kappa shape index (κ2) is 10.9. The first-order valence-electron chi connectivity index (χ1n) is 11.8. The van der Waals surface area contributed by atoms with Gasteiger partial charge in [-0.05, 0) is 122 Å². The summed E-state index contributed by atoms with van der Waals surface area (Å²) in [6.45, 7) is 4.26. The van der Waals surface area contributed by atoms with Gasteiger partial charge in [0.1, 0.15) is 17.9 Å². The van der Waals surface area contributed by atoms with Gasteiger partial charge in [-0.1, -0.05) is 48.5 Å². The molecule has 4 aromatic carbocycles. The van der Waals surface area contributed by atoms with E-state index in [9.17, 15) is 14.4 Å². The number of hydrogen-bond donors (Lipinski definition) is 1. The van der Waals surface area contributed by atoms with Crippen molar-refractivity contribution in [3.63, 3.8) is 0 Å². The van der Waals surface area contributed by atoms with Gasteiger partial charge in [-0.25, -0.2) is 9.69 Å². The number of aryl methyl sites for hydroxylation is 2. The fourth-order valence-electron chi connectivity index (χ4n) is 4.29. The van der Waals surface area contributed by atoms with Crippen LogP contribution in [0.1, 0.15) is 22.3 Å². The van der Waals surface area contributed by atoms with Crippen LogP contribution in [0.4, 0.5) is 10.5 Å². The molecule has 6 nitrogen and oxygen atoms in total. The van der Waals surface area contributed by atoms with E-state index in [2.05, 4.69) is 74.8 Å². The van der Waals surface area contributed by atoms with Crippen molar-refractivity contribution >= 4 is 85.6 Å². The van der Waals surface area contributed by atoms with E-state index in [-0.39, 0.29) is 5.57 Å². The van der Waals surface area contributed by atoms with Crippen molar-refractivity contribution in [2.75, 3.05) is 4.90 Å². The molecule has 4 aromatic rings. The second-order valence-electron chi connectivity index (χ2n) is 8.97. The number of anilines is 1. The van der Waals surface area contributed by atoms with Crippen molar-refractivity contribution in [1.82, 2.24) is 5.32 Å². The summed E-state index contributed by atoms with van der Waals surface area (Å²) in [5.41, 5.74) is 4.02. The zero-order valence-corrected chi connectivity index (χ0v) is 24.9. The average Bonchev–Trinajstić information content (AvgIpc) is 2.88. The topological polar surface area (TPSA) is 75.7 Å². The predicted octanol–water partition coefficient (Wildman–Crippen LogP) is 6.91. The molecule has 1 fully saturated rings. The average molecular weight is 728 g/mol. The van der Waals surface area contributed by atoms with E-state index in [1.807, 2.05) is 50.2 Å². The third-order valence-electron chi connectivity index (χ3n) is 6.43. The molecule has 8 heteroatoms. The van der Waals surface area contributed by atoms with Crippen LogP contribution in [-0.4, -0.2) is 17.8 Å². The highest BCUT2D eigenvalue weighted by atomic mass is 127. The molecule has 0 aromatic heterocycles. The van der Waals surface area contributed by atoms with Gasteiger partial charge in [0.15, 0.2) is 0 Å². The standard InChI is InChI=1S/C30H22I2N2O4/c1-17-10-11-22(12-18(17)2)34-29(36)24(28(35)33-30(34)37)13-19-14-25(31)27(26(32)15-19)38-16-21-8-5-7-20-6-3-4-9-23(20)21/h3-15H,16H2,1-2H3,(H,33,35,37)/b24-13+. The maximum absolute atomic E-state index is 13.3. The van der Waals surface area contributed by atoms with Crippen LogP contribution in [0.5, 0.6) is 5.75 Å². The Hall–Kier alpha value is -3.25. The number of ether oxygens (including phenoxy) is 1. The SMILES string of the molecule is Cc1ccc(N2C(=O)NC(=O)/C(=C\c3cc(I)c(OCc4cccc5ccccc45)c(I)c3)C2=O)cc1C. The number of carbonyl (C=O) groups excluding carboxylic acids is 3. The number of imide groups is 2. The lowest BCUT2D eigenvalue weighted by Crippen LogP contribution is -2.54. The Kier molecular flexibility index (Phi) is 7.53. The van der Waals surface area contributed by atoms with E-state index < -0.39 is 17.8 Å². The first-order chi connectivity index (χ1) is 18.2. The number of fused-ring (bicyclic) bond motifs is 1. The highest BCUT2D eigenvalue weighted by Crippen LogP contribution is 2.32. The van der Waals surface area contributed by atoms with Gasteiger partial charge in [0, 0.05) is 0 Å². The quantitative estimate of drug-likeness (QED) is 0.138. The van der Waals surface area contributed by atoms with Crippen LogP contribution in [0.2, 0.25) is 0 Å². The third kappa shape index (κ3) is 5.19. The summed E-state index contributed by atoms with van der Waals surface area (Å²) in [6.07, 6.45) is 1.51. The molecule has 0 radical (unpaired) electrons. The summed E-state index contributed by atoms with van der Waals surface area (Å²) in [4.78, 5) is 39.5. The Morgan fingerprint density at radius 1 is 0.868 bits per heavy atom. The molecule has 1 N–H and O–H groups in total. The Morgan fingerprint density at radius 3 is 2.32 bits per heavy atom. The van der Waals surface area contributed by atoms with Crippen LogP contribution in [0.15, 0.2) is 78.4 Å². The normalized spacial score (nSPS) is 14.8. The number of nitrogens with zero attached hydrogens (tertiary/aromatic N) is 1. The number of halogens is 2. The van der Waals surface area contributed by atoms with Gasteiger partial charge in [0.25, 0.3) is 11.8 Å². The van der Waals surface area contributed by atoms with E-state index in [4.69, 9.17) is 4.74 Å². The number of barbiturate groups is 1. The van der Waals surface area contributed by atoms with Crippen LogP contribution in [0.25, 0.3) is 16.8 Å².